The molecule has 0 radical (unpaired) electrons. The second-order valence-corrected chi connectivity index (χ2v) is 7.32. The molecule has 0 bridgehead atoms. The molecular weight excluding hydrogens is 410 g/mol. The topological polar surface area (TPSA) is 104 Å². The van der Waals surface area contributed by atoms with Crippen LogP contribution in [0.1, 0.15) is 5.56 Å². The lowest BCUT2D eigenvalue weighted by Crippen LogP contribution is -2.43. The van der Waals surface area contributed by atoms with Crippen LogP contribution < -0.4 is 15.0 Å². The van der Waals surface area contributed by atoms with Crippen molar-refractivity contribution in [3.63, 3.8) is 0 Å². The molecule has 2 heterocycles. The summed E-state index contributed by atoms with van der Waals surface area (Å²) < 4.78 is 5.08. The molecule has 2 aliphatic heterocycles. The first kappa shape index (κ1) is 19.8. The Morgan fingerprint density at radius 3 is 2.57 bits per heavy atom. The van der Waals surface area contributed by atoms with E-state index in [2.05, 4.69) is 15.7 Å². The predicted octanol–water partition coefficient (Wildman–Crippen LogP) is 2.59. The van der Waals surface area contributed by atoms with E-state index in [1.54, 1.807) is 49.6 Å². The summed E-state index contributed by atoms with van der Waals surface area (Å²) in [6.07, 6.45) is 0. The number of carbonyl (C=O) groups is 3. The first-order valence-electron chi connectivity index (χ1n) is 9.14. The molecule has 2 aromatic rings. The largest absolute Gasteiger partial charge is 0.497 e. The van der Waals surface area contributed by atoms with Crippen LogP contribution in [0.4, 0.5) is 11.4 Å². The number of rotatable bonds is 5. The van der Waals surface area contributed by atoms with E-state index in [0.717, 1.165) is 10.5 Å². The summed E-state index contributed by atoms with van der Waals surface area (Å²) in [5.41, 5.74) is 1.77. The Bertz CT molecular complexity index is 1060. The smallest absolute Gasteiger partial charge is 0.263 e. The van der Waals surface area contributed by atoms with Gasteiger partial charge in [0.15, 0.2) is 12.1 Å². The molecule has 4 rings (SSSR count). The number of imide groups is 1. The Kier molecular flexibility index (Phi) is 5.13. The van der Waals surface area contributed by atoms with Crippen molar-refractivity contribution in [2.45, 2.75) is 19.0 Å². The van der Waals surface area contributed by atoms with Crippen molar-refractivity contribution in [1.82, 2.24) is 5.01 Å². The molecule has 9 nitrogen and oxygen atoms in total. The zero-order valence-electron chi connectivity index (χ0n) is 16.2. The zero-order valence-corrected chi connectivity index (χ0v) is 17.0. The Labute approximate surface area is 177 Å². The van der Waals surface area contributed by atoms with Gasteiger partial charge in [-0.1, -0.05) is 22.9 Å². The minimum Gasteiger partial charge on any atom is -0.497 e. The number of nitrogens with zero attached hydrogens (tertiary/aromatic N) is 4. The molecule has 0 aliphatic carbocycles. The van der Waals surface area contributed by atoms with Crippen LogP contribution in [0.5, 0.6) is 5.75 Å². The molecule has 2 atom stereocenters. The molecule has 0 spiro atoms. The van der Waals surface area contributed by atoms with Crippen LogP contribution in [-0.2, 0) is 14.4 Å². The minimum atomic E-state index is -0.980. The van der Waals surface area contributed by atoms with E-state index in [0.29, 0.717) is 22.1 Å². The summed E-state index contributed by atoms with van der Waals surface area (Å²) in [5, 5.41) is 12.2. The number of carbonyl (C=O) groups excluding carboxylic acids is 3. The number of benzene rings is 2. The number of hydrogen-bond acceptors (Lipinski definition) is 7. The maximum Gasteiger partial charge on any atom is 0.263 e. The summed E-state index contributed by atoms with van der Waals surface area (Å²) in [6.45, 7) is 1.60. The highest BCUT2D eigenvalue weighted by molar-refractivity contribution is 6.32. The van der Waals surface area contributed by atoms with Crippen molar-refractivity contribution < 1.29 is 19.1 Å². The standard InChI is InChI=1S/C20H18ClN5O4/c1-11-3-6-13(9-15(11)21)26-19(28)17-18(20(26)29)25(24-23-17)10-16(27)22-12-4-7-14(30-2)8-5-12/h3-9,17-18H,10H2,1-2H3,(H,22,27). The van der Waals surface area contributed by atoms with Gasteiger partial charge in [0.05, 0.1) is 12.8 Å². The molecule has 1 N–H and O–H groups in total. The lowest BCUT2D eigenvalue weighted by molar-refractivity contribution is -0.123. The molecule has 1 saturated heterocycles. The Morgan fingerprint density at radius 2 is 1.90 bits per heavy atom. The van der Waals surface area contributed by atoms with Gasteiger partial charge < -0.3 is 10.1 Å². The number of halogens is 1. The number of fused-ring (bicyclic) bond motifs is 1. The van der Waals surface area contributed by atoms with Gasteiger partial charge in [-0.15, -0.1) is 0 Å². The highest BCUT2D eigenvalue weighted by Gasteiger charge is 2.55. The number of methoxy groups -OCH3 is 1. The maximum absolute atomic E-state index is 13.0. The Hall–Kier alpha value is -3.46. The van der Waals surface area contributed by atoms with Crippen LogP contribution >= 0.6 is 11.6 Å². The highest BCUT2D eigenvalue weighted by atomic mass is 35.5. The third kappa shape index (κ3) is 3.48. The molecule has 10 heteroatoms. The van der Waals surface area contributed by atoms with Gasteiger partial charge in [0.25, 0.3) is 11.8 Å². The zero-order chi connectivity index (χ0) is 21.4. The number of anilines is 2. The first-order valence-corrected chi connectivity index (χ1v) is 9.52. The number of nitrogens with one attached hydrogen (secondary N) is 1. The van der Waals surface area contributed by atoms with Crippen LogP contribution in [0.15, 0.2) is 52.8 Å². The molecule has 2 unspecified atom stereocenters. The van der Waals surface area contributed by atoms with Gasteiger partial charge in [-0.05, 0) is 48.9 Å². The van der Waals surface area contributed by atoms with Gasteiger partial charge in [0, 0.05) is 10.7 Å². The number of aryl methyl sites for hydroxylation is 1. The van der Waals surface area contributed by atoms with Crippen LogP contribution in [0, 0.1) is 6.92 Å². The van der Waals surface area contributed by atoms with Gasteiger partial charge in [-0.25, -0.2) is 4.90 Å². The first-order chi connectivity index (χ1) is 14.4. The van der Waals surface area contributed by atoms with E-state index in [-0.39, 0.29) is 6.54 Å². The predicted molar refractivity (Wildman–Crippen MR) is 109 cm³/mol. The lowest BCUT2D eigenvalue weighted by Gasteiger charge is -2.20. The second-order valence-electron chi connectivity index (χ2n) is 6.91. The summed E-state index contributed by atoms with van der Waals surface area (Å²) in [4.78, 5) is 39.2. The van der Waals surface area contributed by atoms with Gasteiger partial charge in [0.1, 0.15) is 12.3 Å². The molecule has 3 amide bonds. The molecular formula is C20H18ClN5O4. The second kappa shape index (κ2) is 7.75. The third-order valence-electron chi connectivity index (χ3n) is 4.95. The number of amides is 3. The van der Waals surface area contributed by atoms with Crippen molar-refractivity contribution in [1.29, 1.82) is 0 Å². The van der Waals surface area contributed by atoms with Gasteiger partial charge >= 0.3 is 0 Å². The fourth-order valence-electron chi connectivity index (χ4n) is 3.35. The van der Waals surface area contributed by atoms with E-state index >= 15 is 0 Å². The summed E-state index contributed by atoms with van der Waals surface area (Å²) in [7, 11) is 1.55. The molecule has 0 aromatic heterocycles. The molecule has 2 aliphatic rings. The van der Waals surface area contributed by atoms with Crippen molar-refractivity contribution in [2.24, 2.45) is 10.3 Å². The van der Waals surface area contributed by atoms with E-state index in [9.17, 15) is 14.4 Å². The average Bonchev–Trinajstić information content (AvgIpc) is 3.24. The highest BCUT2D eigenvalue weighted by Crippen LogP contribution is 2.33. The number of hydrogen-bond donors (Lipinski definition) is 1. The van der Waals surface area contributed by atoms with E-state index in [1.165, 1.54) is 5.01 Å². The summed E-state index contributed by atoms with van der Waals surface area (Å²) in [6, 6.07) is 9.81. The van der Waals surface area contributed by atoms with Gasteiger partial charge in [-0.3, -0.25) is 19.4 Å². The quantitative estimate of drug-likeness (QED) is 0.738. The molecule has 0 saturated carbocycles. The van der Waals surface area contributed by atoms with Crippen LogP contribution in [-0.4, -0.2) is 48.5 Å². The van der Waals surface area contributed by atoms with Gasteiger partial charge in [0.2, 0.25) is 5.91 Å². The molecule has 2 aromatic carbocycles. The van der Waals surface area contributed by atoms with Crippen LogP contribution in [0.25, 0.3) is 0 Å². The number of ether oxygens (including phenoxy) is 1. The maximum atomic E-state index is 13.0. The van der Waals surface area contributed by atoms with Crippen LogP contribution in [0.3, 0.4) is 0 Å². The molecule has 154 valence electrons. The Morgan fingerprint density at radius 1 is 1.17 bits per heavy atom. The van der Waals surface area contributed by atoms with Gasteiger partial charge in [-0.2, -0.15) is 5.11 Å². The van der Waals surface area contributed by atoms with Crippen LogP contribution in [0.2, 0.25) is 5.02 Å². The summed E-state index contributed by atoms with van der Waals surface area (Å²) >= 11 is 6.14. The summed E-state index contributed by atoms with van der Waals surface area (Å²) in [5.74, 6) is -0.716. The average molecular weight is 428 g/mol. The van der Waals surface area contributed by atoms with E-state index in [1.807, 2.05) is 6.92 Å². The third-order valence-corrected chi connectivity index (χ3v) is 5.36. The fourth-order valence-corrected chi connectivity index (χ4v) is 3.53. The van der Waals surface area contributed by atoms with Crippen molar-refractivity contribution in [3.8, 4) is 5.75 Å². The lowest BCUT2D eigenvalue weighted by atomic mass is 10.1. The van der Waals surface area contributed by atoms with E-state index in [4.69, 9.17) is 16.3 Å². The fraction of sp³-hybridized carbons (Fsp3) is 0.250. The Balaban J connectivity index is 1.47. The minimum absolute atomic E-state index is 0.224. The van der Waals surface area contributed by atoms with Crippen molar-refractivity contribution >= 4 is 40.7 Å². The molecule has 30 heavy (non-hydrogen) atoms. The SMILES string of the molecule is COc1ccc(NC(=O)CN2N=NC3C(=O)N(c4ccc(C)c(Cl)c4)C(=O)C32)cc1. The molecule has 1 fully saturated rings. The van der Waals surface area contributed by atoms with Crippen molar-refractivity contribution in [3.05, 3.63) is 53.1 Å². The monoisotopic (exact) mass is 427 g/mol. The van der Waals surface area contributed by atoms with E-state index < -0.39 is 29.8 Å². The normalized spacial score (nSPS) is 20.0. The van der Waals surface area contributed by atoms with Crippen molar-refractivity contribution in [2.75, 3.05) is 23.9 Å².